The van der Waals surface area contributed by atoms with Gasteiger partial charge in [-0.15, -0.1) is 0 Å². The summed E-state index contributed by atoms with van der Waals surface area (Å²) < 4.78 is 0. The fourth-order valence-electron chi connectivity index (χ4n) is 0.304. The van der Waals surface area contributed by atoms with Crippen LogP contribution in [0.4, 0.5) is 0 Å². The molecule has 0 aromatic heterocycles. The van der Waals surface area contributed by atoms with Gasteiger partial charge >= 0.3 is 0 Å². The van der Waals surface area contributed by atoms with E-state index in [0.717, 1.165) is 0 Å². The first-order valence-electron chi connectivity index (χ1n) is 1.82. The predicted octanol–water partition coefficient (Wildman–Crippen LogP) is 1.28. The number of benzene rings is 1. The molecule has 3 radical (unpaired) electrons. The maximum Gasteiger partial charge on any atom is 0 e. The molecule has 1 rings (SSSR count). The van der Waals surface area contributed by atoms with Gasteiger partial charge in [0.2, 0.25) is 0 Å². The van der Waals surface area contributed by atoms with Crippen molar-refractivity contribution >= 4 is 0 Å². The van der Waals surface area contributed by atoms with Crippen molar-refractivity contribution in [2.75, 3.05) is 0 Å². The van der Waals surface area contributed by atoms with E-state index in [1.165, 1.54) is 0 Å². The summed E-state index contributed by atoms with van der Waals surface area (Å²) >= 11 is 0. The van der Waals surface area contributed by atoms with Gasteiger partial charge in [-0.1, -0.05) is 0 Å². The van der Waals surface area contributed by atoms with E-state index in [2.05, 4.69) is 12.1 Å². The van der Waals surface area contributed by atoms with Crippen LogP contribution in [0.2, 0.25) is 0 Å². The first kappa shape index (κ1) is 17.6. The van der Waals surface area contributed by atoms with Crippen LogP contribution in [0.3, 0.4) is 0 Å². The van der Waals surface area contributed by atoms with Crippen molar-refractivity contribution in [1.82, 2.24) is 0 Å². The molecular weight excluding hydrogens is 339 g/mol. The van der Waals surface area contributed by atoms with Crippen LogP contribution >= 0.6 is 0 Å². The van der Waals surface area contributed by atoms with Crippen molar-refractivity contribution in [3.8, 4) is 0 Å². The van der Waals surface area contributed by atoms with Crippen molar-refractivity contribution in [2.24, 2.45) is 0 Å². The molecule has 0 saturated carbocycles. The van der Waals surface area contributed by atoms with Gasteiger partial charge in [-0.3, -0.25) is 24.3 Å². The van der Waals surface area contributed by atoms with Gasteiger partial charge in [0, 0.05) is 98.1 Å². The molecule has 0 heterocycles. The van der Waals surface area contributed by atoms with Crippen LogP contribution in [-0.4, -0.2) is 0 Å². The molecule has 0 aliphatic rings. The smallest absolute Gasteiger partial charge is 0 e. The minimum absolute atomic E-state index is 0. The predicted molar refractivity (Wildman–Crippen MR) is 24.1 cm³/mol. The second-order valence-electron chi connectivity index (χ2n) is 1.00. The topological polar surface area (TPSA) is 0 Å². The molecule has 1 aromatic rings. The Hall–Kier alpha value is 2.53. The zero-order chi connectivity index (χ0) is 4.24. The van der Waals surface area contributed by atoms with Gasteiger partial charge in [0.25, 0.3) is 0 Å². The van der Waals surface area contributed by atoms with Gasteiger partial charge in [0.05, 0.1) is 0 Å². The molecule has 0 spiro atoms. The number of hydrogen-bond acceptors (Lipinski definition) is 0. The Morgan fingerprint density at radius 3 is 0.889 bits per heavy atom. The van der Waals surface area contributed by atoms with E-state index >= 15 is 0 Å². The zero-order valence-corrected chi connectivity index (χ0v) is 13.6. The minimum atomic E-state index is 0. The van der Waals surface area contributed by atoms with Gasteiger partial charge in [0.15, 0.2) is 0 Å². The van der Waals surface area contributed by atoms with Crippen LogP contribution in [0.5, 0.6) is 0 Å². The maximum absolute atomic E-state index is 2.86. The summed E-state index contributed by atoms with van der Waals surface area (Å²) in [5.74, 6) is 0. The van der Waals surface area contributed by atoms with Crippen LogP contribution < -0.4 is 0 Å². The van der Waals surface area contributed by atoms with Crippen LogP contribution in [-0.2, 0) is 98.1 Å². The number of hydrogen-bond donors (Lipinski definition) is 0. The second-order valence-corrected chi connectivity index (χ2v) is 1.00. The van der Waals surface area contributed by atoms with E-state index < -0.39 is 0 Å². The zero-order valence-electron chi connectivity index (χ0n) is 5.04. The Balaban J connectivity index is -0.000000120. The minimum Gasteiger partial charge on any atom is -0.319 e. The molecule has 0 aliphatic heterocycles. The summed E-state index contributed by atoms with van der Waals surface area (Å²) in [7, 11) is 0. The summed E-state index contributed by atoms with van der Waals surface area (Å²) in [4.78, 5) is 0. The fourth-order valence-corrected chi connectivity index (χ4v) is 0.304. The molecule has 0 unspecified atom stereocenters. The van der Waals surface area contributed by atoms with Crippen LogP contribution in [0.15, 0.2) is 24.3 Å². The Bertz CT molecular complexity index is 80.2. The molecular formula is C6H4Y3-2. The third kappa shape index (κ3) is 10.5. The van der Waals surface area contributed by atoms with Gasteiger partial charge in [-0.25, -0.2) is 0 Å². The van der Waals surface area contributed by atoms with E-state index in [-0.39, 0.29) is 98.1 Å². The monoisotopic (exact) mass is 343 g/mol. The average Bonchev–Trinajstić information content (AvgIpc) is 1.72. The molecule has 0 nitrogen and oxygen atoms in total. The first-order valence-corrected chi connectivity index (χ1v) is 1.82. The molecule has 0 saturated heterocycles. The van der Waals surface area contributed by atoms with E-state index in [1.54, 1.807) is 0 Å². The molecule has 1 aromatic carbocycles. The van der Waals surface area contributed by atoms with Crippen molar-refractivity contribution in [3.05, 3.63) is 36.4 Å². The molecule has 0 fully saturated rings. The van der Waals surface area contributed by atoms with E-state index in [9.17, 15) is 0 Å². The Morgan fingerprint density at radius 2 is 0.778 bits per heavy atom. The summed E-state index contributed by atoms with van der Waals surface area (Å²) in [5, 5.41) is 0. The Morgan fingerprint density at radius 1 is 0.556 bits per heavy atom. The third-order valence-corrected chi connectivity index (χ3v) is 0.552. The molecule has 0 N–H and O–H groups in total. The van der Waals surface area contributed by atoms with Gasteiger partial charge in [-0.05, 0) is 0 Å². The van der Waals surface area contributed by atoms with E-state index in [4.69, 9.17) is 0 Å². The van der Waals surface area contributed by atoms with Crippen molar-refractivity contribution < 1.29 is 98.1 Å². The molecule has 3 heteroatoms. The normalized spacial score (nSPS) is 5.33. The van der Waals surface area contributed by atoms with Crippen molar-refractivity contribution in [1.29, 1.82) is 0 Å². The van der Waals surface area contributed by atoms with E-state index in [1.807, 2.05) is 24.3 Å². The maximum atomic E-state index is 2.86. The SMILES string of the molecule is [Y].[Y].[Y].[c-]1cc[c-]cc1. The molecule has 0 aliphatic carbocycles. The van der Waals surface area contributed by atoms with Gasteiger partial charge in [-0.2, -0.15) is 0 Å². The van der Waals surface area contributed by atoms with Gasteiger partial charge < -0.3 is 12.1 Å². The quantitative estimate of drug-likeness (QED) is 0.623. The van der Waals surface area contributed by atoms with Crippen LogP contribution in [0, 0.1) is 12.1 Å². The average molecular weight is 343 g/mol. The molecule has 0 atom stereocenters. The van der Waals surface area contributed by atoms with Crippen molar-refractivity contribution in [2.45, 2.75) is 0 Å². The largest absolute Gasteiger partial charge is 0.319 e. The molecule has 0 amide bonds. The van der Waals surface area contributed by atoms with Crippen LogP contribution in [0.25, 0.3) is 0 Å². The standard InChI is InChI=1S/C6H4.3Y/c1-2-4-6-5-3-1;;;/h1-2,5-6H;;;/q-2;;;. The molecule has 0 bridgehead atoms. The Labute approximate surface area is 132 Å². The molecule has 39 valence electrons. The number of rotatable bonds is 0. The Kier molecular flexibility index (Phi) is 25.7. The summed E-state index contributed by atoms with van der Waals surface area (Å²) in [6, 6.07) is 13.0. The summed E-state index contributed by atoms with van der Waals surface area (Å²) in [6.07, 6.45) is 0. The van der Waals surface area contributed by atoms with Crippen LogP contribution in [0.1, 0.15) is 0 Å². The third-order valence-electron chi connectivity index (χ3n) is 0.552. The van der Waals surface area contributed by atoms with E-state index in [0.29, 0.717) is 0 Å². The summed E-state index contributed by atoms with van der Waals surface area (Å²) in [5.41, 5.74) is 0. The second kappa shape index (κ2) is 13.1. The summed E-state index contributed by atoms with van der Waals surface area (Å²) in [6.45, 7) is 0. The van der Waals surface area contributed by atoms with Crippen molar-refractivity contribution in [3.63, 3.8) is 0 Å². The first-order chi connectivity index (χ1) is 3.00. The fraction of sp³-hybridized carbons (Fsp3) is 0. The molecule has 9 heavy (non-hydrogen) atoms. The van der Waals surface area contributed by atoms with Gasteiger partial charge in [0.1, 0.15) is 0 Å².